The summed E-state index contributed by atoms with van der Waals surface area (Å²) in [5.41, 5.74) is 19.4. The third kappa shape index (κ3) is 5.13. The summed E-state index contributed by atoms with van der Waals surface area (Å²) in [4.78, 5) is 9.96. The molecule has 0 bridgehead atoms. The van der Waals surface area contributed by atoms with Crippen molar-refractivity contribution in [2.75, 3.05) is 9.80 Å². The van der Waals surface area contributed by atoms with Gasteiger partial charge in [0.25, 0.3) is 0 Å². The lowest BCUT2D eigenvalue weighted by molar-refractivity contribution is 0.487. The first kappa shape index (κ1) is 42.7. The number of fused-ring (bicyclic) bond motifs is 15. The van der Waals surface area contributed by atoms with E-state index in [1.807, 2.05) is 23.5 Å². The van der Waals surface area contributed by atoms with Crippen molar-refractivity contribution in [3.05, 3.63) is 217 Å². The van der Waals surface area contributed by atoms with Gasteiger partial charge < -0.3 is 28.2 Å². The predicted molar refractivity (Wildman–Crippen MR) is 330 cm³/mol. The fourth-order valence-corrected chi connectivity index (χ4v) is 21.9. The lowest BCUT2D eigenvalue weighted by atomic mass is 10.1. The molecule has 366 valence electrons. The summed E-state index contributed by atoms with van der Waals surface area (Å²) in [5, 5.41) is 10.8. The smallest absolute Gasteiger partial charge is 0.140 e. The quantitative estimate of drug-likeness (QED) is 0.164. The maximum Gasteiger partial charge on any atom is 0.140 e. The number of aromatic nitrogens is 3. The van der Waals surface area contributed by atoms with Crippen molar-refractivity contribution in [2.45, 2.75) is 33.4 Å². The van der Waals surface area contributed by atoms with E-state index in [9.17, 15) is 0 Å². The number of hydrogen-bond donors (Lipinski definition) is 0. The zero-order chi connectivity index (χ0) is 51.0. The predicted octanol–water partition coefficient (Wildman–Crippen LogP) is 18.0. The van der Waals surface area contributed by atoms with Crippen molar-refractivity contribution >= 4 is 157 Å². The number of nitrogens with zero attached hydrogens (tertiary/aromatic N) is 5. The zero-order valence-electron chi connectivity index (χ0n) is 41.9. The highest BCUT2D eigenvalue weighted by molar-refractivity contribution is 8.26. The Labute approximate surface area is 461 Å². The van der Waals surface area contributed by atoms with Crippen LogP contribution in [0, 0.1) is 13.8 Å². The van der Waals surface area contributed by atoms with Crippen molar-refractivity contribution in [1.82, 2.24) is 13.7 Å². The van der Waals surface area contributed by atoms with Gasteiger partial charge in [0, 0.05) is 59.5 Å². The van der Waals surface area contributed by atoms with Gasteiger partial charge in [-0.05, 0) is 97.8 Å². The van der Waals surface area contributed by atoms with E-state index < -0.39 is 6.04 Å². The first-order valence-electron chi connectivity index (χ1n) is 26.4. The van der Waals surface area contributed by atoms with Crippen molar-refractivity contribution in [3.8, 4) is 28.6 Å². The molecule has 8 heterocycles. The Hall–Kier alpha value is -8.43. The molecule has 0 aliphatic carbocycles. The number of para-hydroxylation sites is 6. The van der Waals surface area contributed by atoms with E-state index in [1.54, 1.807) is 0 Å². The summed E-state index contributed by atoms with van der Waals surface area (Å²) in [6.45, 7) is 4.42. The average molecular weight is 1070 g/mol. The molecule has 0 saturated carbocycles. The third-order valence-corrected chi connectivity index (χ3v) is 24.3. The second kappa shape index (κ2) is 14.8. The maximum atomic E-state index is 7.93. The van der Waals surface area contributed by atoms with Gasteiger partial charge in [0.1, 0.15) is 11.5 Å². The molecule has 10 heteroatoms. The third-order valence-electron chi connectivity index (χ3n) is 17.1. The van der Waals surface area contributed by atoms with E-state index in [1.165, 1.54) is 68.3 Å². The summed E-state index contributed by atoms with van der Waals surface area (Å²) >= 11 is 11.7. The highest BCUT2D eigenvalue weighted by atomic mass is 32.4. The minimum atomic E-state index is -3.02. The first-order chi connectivity index (χ1) is 38.4. The minimum Gasteiger partial charge on any atom is -0.456 e. The van der Waals surface area contributed by atoms with Crippen LogP contribution in [0.1, 0.15) is 11.1 Å². The molecular formula is C68H40N5OPS3. The van der Waals surface area contributed by atoms with Crippen molar-refractivity contribution < 1.29 is 4.74 Å². The Kier molecular flexibility index (Phi) is 8.08. The number of benzene rings is 11. The van der Waals surface area contributed by atoms with Gasteiger partial charge in [0.05, 0.1) is 111 Å². The van der Waals surface area contributed by atoms with Crippen LogP contribution in [0.3, 0.4) is 0 Å². The lowest BCUT2D eigenvalue weighted by Crippen LogP contribution is -2.47. The van der Waals surface area contributed by atoms with Crippen molar-refractivity contribution in [2.24, 2.45) is 0 Å². The summed E-state index contributed by atoms with van der Waals surface area (Å²) in [7, 11) is 0. The first-order valence-corrected chi connectivity index (χ1v) is 30.9. The van der Waals surface area contributed by atoms with Crippen molar-refractivity contribution in [1.29, 1.82) is 0 Å². The molecular weight excluding hydrogens is 1030 g/mol. The molecule has 0 fully saturated rings. The number of ether oxygens (including phenoxy) is 1. The topological polar surface area (TPSA) is 30.5 Å². The highest BCUT2D eigenvalue weighted by Gasteiger charge is 2.55. The fraction of sp³-hybridized carbons (Fsp3) is 0.0294. The van der Waals surface area contributed by atoms with Crippen LogP contribution in [0.15, 0.2) is 226 Å². The Morgan fingerprint density at radius 3 is 1.08 bits per heavy atom. The Morgan fingerprint density at radius 2 is 0.705 bits per heavy atom. The normalized spacial score (nSPS) is 14.6. The number of aryl methyl sites for hydroxylation is 2. The van der Waals surface area contributed by atoms with Gasteiger partial charge in [0.2, 0.25) is 0 Å². The molecule has 0 saturated heterocycles. The van der Waals surface area contributed by atoms with Gasteiger partial charge in [0.15, 0.2) is 0 Å². The molecule has 5 aliphatic heterocycles. The molecule has 19 rings (SSSR count). The standard InChI is InChI=1S/C68H40N5OPS3/c1-37-27-29-52-60(31-37)77-67-56(70-48-23-11-5-17-42(48)43-18-6-12-24-49(43)70)35-58-65-62(67)72(52)54-33-39(69-46-21-9-3-15-40(46)41-16-4-10-22-47(41)69)34-55-64(54)75(65,76)66-59(74-58)36-57(68-63(66)73(55)53-30-28-38(2)32-61(53)78-68)71-50-25-13-7-19-44(50)45-20-8-14-26-51(45)71/h3-36H,1-2H3. The second-order valence-electron chi connectivity index (χ2n) is 21.3. The lowest BCUT2D eigenvalue weighted by Gasteiger charge is -2.52. The van der Waals surface area contributed by atoms with E-state index in [2.05, 4.69) is 244 Å². The number of hydrogen-bond acceptors (Lipinski definition) is 6. The van der Waals surface area contributed by atoms with Crippen molar-refractivity contribution in [3.63, 3.8) is 0 Å². The van der Waals surface area contributed by atoms with Crippen LogP contribution in [-0.2, 0) is 11.8 Å². The van der Waals surface area contributed by atoms with E-state index >= 15 is 0 Å². The molecule has 0 spiro atoms. The molecule has 5 aliphatic rings. The summed E-state index contributed by atoms with van der Waals surface area (Å²) in [5.74, 6) is 1.65. The monoisotopic (exact) mass is 1070 g/mol. The zero-order valence-corrected chi connectivity index (χ0v) is 45.3. The molecule has 78 heavy (non-hydrogen) atoms. The molecule has 6 nitrogen and oxygen atoms in total. The van der Waals surface area contributed by atoms with Gasteiger partial charge in [-0.25, -0.2) is 0 Å². The summed E-state index contributed by atoms with van der Waals surface area (Å²) < 4.78 is 15.3. The molecule has 3 aromatic heterocycles. The second-order valence-corrected chi connectivity index (χ2v) is 27.6. The Bertz CT molecular complexity index is 4820. The molecule has 0 N–H and O–H groups in total. The Balaban J connectivity index is 1.02. The van der Waals surface area contributed by atoms with Gasteiger partial charge in [-0.2, -0.15) is 0 Å². The van der Waals surface area contributed by atoms with Crippen LogP contribution in [0.5, 0.6) is 11.5 Å². The largest absolute Gasteiger partial charge is 0.456 e. The molecule has 0 atom stereocenters. The fourth-order valence-electron chi connectivity index (χ4n) is 14.1. The SMILES string of the molecule is Cc1ccc2c(c1)Sc1c(-n3c4ccccc4c4ccccc43)cc3c4c1N2c1cc(-n2c5ccccc5c5ccccc52)cc2c1P4(=S)c1c(cc(-n4c5ccccc5c5ccccc54)c4c1N2c1ccc(C)cc1S4)O3. The van der Waals surface area contributed by atoms with Gasteiger partial charge in [-0.15, -0.1) is 0 Å². The number of rotatable bonds is 3. The average Bonchev–Trinajstić information content (AvgIpc) is 1.95. The maximum absolute atomic E-state index is 7.93. The Morgan fingerprint density at radius 1 is 0.359 bits per heavy atom. The molecule has 0 radical (unpaired) electrons. The van der Waals surface area contributed by atoms with E-state index in [0.29, 0.717) is 0 Å². The van der Waals surface area contributed by atoms with E-state index in [-0.39, 0.29) is 0 Å². The van der Waals surface area contributed by atoms with Gasteiger partial charge >= 0.3 is 0 Å². The minimum absolute atomic E-state index is 0.826. The van der Waals surface area contributed by atoms with E-state index in [0.717, 1.165) is 106 Å². The summed E-state index contributed by atoms with van der Waals surface area (Å²) in [6, 6.07) is 73.8. The number of anilines is 6. The van der Waals surface area contributed by atoms with E-state index in [4.69, 9.17) is 16.5 Å². The molecule has 0 unspecified atom stereocenters. The van der Waals surface area contributed by atoms with Crippen LogP contribution in [0.4, 0.5) is 34.1 Å². The molecule has 14 aromatic rings. The van der Waals surface area contributed by atoms with Crippen LogP contribution >= 0.6 is 29.6 Å². The van der Waals surface area contributed by atoms with Gasteiger partial charge in [-0.1, -0.05) is 157 Å². The van der Waals surface area contributed by atoms with Crippen LogP contribution in [0.25, 0.3) is 82.5 Å². The van der Waals surface area contributed by atoms with Crippen LogP contribution in [-0.4, -0.2) is 13.7 Å². The highest BCUT2D eigenvalue weighted by Crippen LogP contribution is 2.72. The van der Waals surface area contributed by atoms with Crippen LogP contribution in [0.2, 0.25) is 0 Å². The van der Waals surface area contributed by atoms with Gasteiger partial charge in [-0.3, -0.25) is 0 Å². The molecule has 11 aromatic carbocycles. The molecule has 0 amide bonds. The summed E-state index contributed by atoms with van der Waals surface area (Å²) in [6.07, 6.45) is 0. The van der Waals surface area contributed by atoms with Crippen LogP contribution < -0.4 is 30.5 Å².